The van der Waals surface area contributed by atoms with E-state index in [4.69, 9.17) is 4.74 Å². The fourth-order valence-corrected chi connectivity index (χ4v) is 3.14. The Hall–Kier alpha value is -2.29. The zero-order chi connectivity index (χ0) is 15.9. The van der Waals surface area contributed by atoms with E-state index in [-0.39, 0.29) is 11.8 Å². The maximum Gasteiger partial charge on any atom is 0.227 e. The maximum atomic E-state index is 12.4. The summed E-state index contributed by atoms with van der Waals surface area (Å²) in [6.07, 6.45) is 3.94. The SMILES string of the molecule is O=C(NCCCOc1ccccc1)C1CCCc2ccccc21. The summed E-state index contributed by atoms with van der Waals surface area (Å²) in [5, 5.41) is 3.06. The molecule has 1 amide bonds. The molecule has 0 aromatic heterocycles. The van der Waals surface area contributed by atoms with Crippen LogP contribution < -0.4 is 10.1 Å². The predicted octanol–water partition coefficient (Wildman–Crippen LogP) is 3.69. The third kappa shape index (κ3) is 4.13. The minimum Gasteiger partial charge on any atom is -0.494 e. The number of fused-ring (bicyclic) bond motifs is 1. The van der Waals surface area contributed by atoms with E-state index in [0.29, 0.717) is 13.2 Å². The van der Waals surface area contributed by atoms with Crippen molar-refractivity contribution in [2.75, 3.05) is 13.2 Å². The molecule has 1 aliphatic carbocycles. The van der Waals surface area contributed by atoms with Gasteiger partial charge in [0.1, 0.15) is 5.75 Å². The number of carbonyl (C=O) groups is 1. The van der Waals surface area contributed by atoms with Crippen molar-refractivity contribution in [1.82, 2.24) is 5.32 Å². The van der Waals surface area contributed by atoms with E-state index >= 15 is 0 Å². The van der Waals surface area contributed by atoms with Crippen LogP contribution in [0.3, 0.4) is 0 Å². The van der Waals surface area contributed by atoms with E-state index in [1.54, 1.807) is 0 Å². The molecule has 0 aliphatic heterocycles. The highest BCUT2D eigenvalue weighted by Gasteiger charge is 2.25. The summed E-state index contributed by atoms with van der Waals surface area (Å²) in [6, 6.07) is 18.1. The molecule has 1 unspecified atom stereocenters. The third-order valence-corrected chi connectivity index (χ3v) is 4.32. The zero-order valence-electron chi connectivity index (χ0n) is 13.3. The summed E-state index contributed by atoms with van der Waals surface area (Å²) < 4.78 is 5.64. The van der Waals surface area contributed by atoms with Gasteiger partial charge in [-0.3, -0.25) is 4.79 Å². The molecule has 0 radical (unpaired) electrons. The van der Waals surface area contributed by atoms with Gasteiger partial charge >= 0.3 is 0 Å². The Labute approximate surface area is 137 Å². The third-order valence-electron chi connectivity index (χ3n) is 4.32. The van der Waals surface area contributed by atoms with Gasteiger partial charge in [-0.15, -0.1) is 0 Å². The Bertz CT molecular complexity index is 639. The molecule has 120 valence electrons. The van der Waals surface area contributed by atoms with Gasteiger partial charge in [0.15, 0.2) is 0 Å². The Morgan fingerprint density at radius 2 is 1.87 bits per heavy atom. The molecule has 3 nitrogen and oxygen atoms in total. The molecule has 0 saturated heterocycles. The molecule has 3 heteroatoms. The van der Waals surface area contributed by atoms with Crippen LogP contribution in [0.25, 0.3) is 0 Å². The van der Waals surface area contributed by atoms with Crippen LogP contribution in [0.1, 0.15) is 36.3 Å². The first-order valence-corrected chi connectivity index (χ1v) is 8.38. The molecule has 23 heavy (non-hydrogen) atoms. The largest absolute Gasteiger partial charge is 0.494 e. The molecule has 0 fully saturated rings. The fraction of sp³-hybridized carbons (Fsp3) is 0.350. The lowest BCUT2D eigenvalue weighted by Crippen LogP contribution is -2.32. The smallest absolute Gasteiger partial charge is 0.227 e. The van der Waals surface area contributed by atoms with Crippen molar-refractivity contribution < 1.29 is 9.53 Å². The molecule has 3 rings (SSSR count). The number of ether oxygens (including phenoxy) is 1. The van der Waals surface area contributed by atoms with Crippen molar-refractivity contribution in [3.8, 4) is 5.75 Å². The molecular weight excluding hydrogens is 286 g/mol. The molecule has 2 aromatic carbocycles. The summed E-state index contributed by atoms with van der Waals surface area (Å²) in [5.74, 6) is 1.03. The number of amides is 1. The summed E-state index contributed by atoms with van der Waals surface area (Å²) in [5.41, 5.74) is 2.53. The first-order valence-electron chi connectivity index (χ1n) is 8.38. The van der Waals surface area contributed by atoms with Crippen LogP contribution in [0, 0.1) is 0 Å². The van der Waals surface area contributed by atoms with E-state index in [1.807, 2.05) is 36.4 Å². The first kappa shape index (κ1) is 15.6. The first-order chi connectivity index (χ1) is 11.3. The molecule has 1 N–H and O–H groups in total. The van der Waals surface area contributed by atoms with Crippen molar-refractivity contribution in [3.05, 3.63) is 65.7 Å². The molecule has 0 heterocycles. The van der Waals surface area contributed by atoms with Gasteiger partial charge in [0.25, 0.3) is 0 Å². The number of nitrogens with one attached hydrogen (secondary N) is 1. The van der Waals surface area contributed by atoms with Crippen LogP contribution >= 0.6 is 0 Å². The minimum absolute atomic E-state index is 0.00925. The lowest BCUT2D eigenvalue weighted by molar-refractivity contribution is -0.122. The molecular formula is C20H23NO2. The summed E-state index contributed by atoms with van der Waals surface area (Å²) >= 11 is 0. The van der Waals surface area contributed by atoms with Crippen molar-refractivity contribution in [1.29, 1.82) is 0 Å². The van der Waals surface area contributed by atoms with Gasteiger partial charge in [0, 0.05) is 6.54 Å². The molecule has 0 bridgehead atoms. The summed E-state index contributed by atoms with van der Waals surface area (Å²) in [4.78, 5) is 12.4. The van der Waals surface area contributed by atoms with Gasteiger partial charge in [-0.05, 0) is 48.9 Å². The Kier molecular flexibility index (Phi) is 5.30. The van der Waals surface area contributed by atoms with E-state index in [1.165, 1.54) is 11.1 Å². The minimum atomic E-state index is 0.00925. The Morgan fingerprint density at radius 3 is 2.74 bits per heavy atom. The van der Waals surface area contributed by atoms with Crippen molar-refractivity contribution in [3.63, 3.8) is 0 Å². The average Bonchev–Trinajstić information content (AvgIpc) is 2.61. The second kappa shape index (κ2) is 7.82. The Balaban J connectivity index is 1.43. The van der Waals surface area contributed by atoms with Crippen molar-refractivity contribution in [2.45, 2.75) is 31.6 Å². The topological polar surface area (TPSA) is 38.3 Å². The van der Waals surface area contributed by atoms with Crippen LogP contribution in [0.5, 0.6) is 5.75 Å². The van der Waals surface area contributed by atoms with Gasteiger partial charge in [-0.1, -0.05) is 42.5 Å². The standard InChI is InChI=1S/C20H23NO2/c22-20(19-13-6-9-16-8-4-5-12-18(16)19)21-14-7-15-23-17-10-2-1-3-11-17/h1-5,8,10-12,19H,6-7,9,13-15H2,(H,21,22). The highest BCUT2D eigenvalue weighted by molar-refractivity contribution is 5.84. The molecule has 0 spiro atoms. The highest BCUT2D eigenvalue weighted by Crippen LogP contribution is 2.31. The van der Waals surface area contributed by atoms with E-state index < -0.39 is 0 Å². The van der Waals surface area contributed by atoms with Gasteiger partial charge in [-0.25, -0.2) is 0 Å². The maximum absolute atomic E-state index is 12.4. The van der Waals surface area contributed by atoms with Crippen LogP contribution in [-0.4, -0.2) is 19.1 Å². The van der Waals surface area contributed by atoms with Crippen LogP contribution in [0.2, 0.25) is 0 Å². The Morgan fingerprint density at radius 1 is 1.09 bits per heavy atom. The molecule has 0 saturated carbocycles. The lowest BCUT2D eigenvalue weighted by atomic mass is 9.82. The number of hydrogen-bond acceptors (Lipinski definition) is 2. The van der Waals surface area contributed by atoms with Gasteiger partial charge in [0.05, 0.1) is 12.5 Å². The number of para-hydroxylation sites is 1. The number of carbonyl (C=O) groups excluding carboxylic acids is 1. The van der Waals surface area contributed by atoms with Crippen LogP contribution in [0.15, 0.2) is 54.6 Å². The zero-order valence-corrected chi connectivity index (χ0v) is 13.3. The normalized spacial score (nSPS) is 16.4. The summed E-state index contributed by atoms with van der Waals surface area (Å²) in [7, 11) is 0. The number of benzene rings is 2. The van der Waals surface area contributed by atoms with Gasteiger partial charge in [-0.2, -0.15) is 0 Å². The monoisotopic (exact) mass is 309 g/mol. The molecule has 1 aliphatic rings. The highest BCUT2D eigenvalue weighted by atomic mass is 16.5. The number of rotatable bonds is 6. The molecule has 1 atom stereocenters. The van der Waals surface area contributed by atoms with Crippen molar-refractivity contribution >= 4 is 5.91 Å². The second-order valence-electron chi connectivity index (χ2n) is 5.95. The average molecular weight is 309 g/mol. The van der Waals surface area contributed by atoms with Crippen molar-refractivity contribution in [2.24, 2.45) is 0 Å². The number of aryl methyl sites for hydroxylation is 1. The predicted molar refractivity (Wildman–Crippen MR) is 91.7 cm³/mol. The summed E-state index contributed by atoms with van der Waals surface area (Å²) in [6.45, 7) is 1.27. The fourth-order valence-electron chi connectivity index (χ4n) is 3.14. The van der Waals surface area contributed by atoms with E-state index in [0.717, 1.165) is 31.4 Å². The quantitative estimate of drug-likeness (QED) is 0.826. The number of hydrogen-bond donors (Lipinski definition) is 1. The molecule has 2 aromatic rings. The second-order valence-corrected chi connectivity index (χ2v) is 5.95. The van der Waals surface area contributed by atoms with E-state index in [2.05, 4.69) is 23.5 Å². The van der Waals surface area contributed by atoms with Gasteiger partial charge < -0.3 is 10.1 Å². The van der Waals surface area contributed by atoms with Gasteiger partial charge in [0.2, 0.25) is 5.91 Å². The van der Waals surface area contributed by atoms with E-state index in [9.17, 15) is 4.79 Å². The lowest BCUT2D eigenvalue weighted by Gasteiger charge is -2.24. The van der Waals surface area contributed by atoms with Crippen LogP contribution in [-0.2, 0) is 11.2 Å². The van der Waals surface area contributed by atoms with Crippen LogP contribution in [0.4, 0.5) is 0 Å².